The van der Waals surface area contributed by atoms with E-state index in [1.165, 1.54) is 6.07 Å². The van der Waals surface area contributed by atoms with Crippen LogP contribution in [-0.2, 0) is 19.4 Å². The Labute approximate surface area is 155 Å². The molecule has 0 spiro atoms. The van der Waals surface area contributed by atoms with E-state index >= 15 is 0 Å². The van der Waals surface area contributed by atoms with Crippen molar-refractivity contribution in [2.75, 3.05) is 17.3 Å². The number of nitrogens with zero attached hydrogens (tertiary/aromatic N) is 1. The van der Waals surface area contributed by atoms with Gasteiger partial charge in [-0.15, -0.1) is 0 Å². The molecule has 0 aliphatic carbocycles. The molecule has 0 heterocycles. The van der Waals surface area contributed by atoms with Crippen molar-refractivity contribution in [1.29, 1.82) is 5.26 Å². The average Bonchev–Trinajstić information content (AvgIpc) is 2.62. The summed E-state index contributed by atoms with van der Waals surface area (Å²) >= 11 is 0. The normalized spacial score (nSPS) is 11.9. The second-order valence-electron chi connectivity index (χ2n) is 5.79. The van der Waals surface area contributed by atoms with Crippen LogP contribution in [0.1, 0.15) is 17.2 Å². The van der Waals surface area contributed by atoms with Crippen LogP contribution in [0, 0.1) is 17.1 Å². The van der Waals surface area contributed by atoms with Gasteiger partial charge in [-0.1, -0.05) is 30.3 Å². The number of benzene rings is 2. The Morgan fingerprint density at radius 3 is 2.41 bits per heavy atom. The highest BCUT2D eigenvalue weighted by Crippen LogP contribution is 2.16. The Morgan fingerprint density at radius 2 is 1.81 bits per heavy atom. The van der Waals surface area contributed by atoms with Crippen LogP contribution < -0.4 is 10.6 Å². The molecule has 2 rings (SSSR count). The minimum Gasteiger partial charge on any atom is -0.340 e. The zero-order valence-electron chi connectivity index (χ0n) is 14.3. The Kier molecular flexibility index (Phi) is 6.26. The first-order valence-electron chi connectivity index (χ1n) is 7.74. The largest absolute Gasteiger partial charge is 0.340 e. The molecule has 0 aromatic heterocycles. The van der Waals surface area contributed by atoms with E-state index in [9.17, 15) is 22.4 Å². The summed E-state index contributed by atoms with van der Waals surface area (Å²) in [4.78, 5) is 24.3. The van der Waals surface area contributed by atoms with Gasteiger partial charge in [-0.05, 0) is 23.8 Å². The van der Waals surface area contributed by atoms with Gasteiger partial charge in [0.2, 0.25) is 0 Å². The second kappa shape index (κ2) is 8.42. The monoisotopic (exact) mass is 389 g/mol. The van der Waals surface area contributed by atoms with Gasteiger partial charge in [-0.25, -0.2) is 12.8 Å². The van der Waals surface area contributed by atoms with Crippen molar-refractivity contribution in [3.05, 3.63) is 65.5 Å². The summed E-state index contributed by atoms with van der Waals surface area (Å²) in [5.41, 5.74) is 0.303. The van der Waals surface area contributed by atoms with Crippen LogP contribution in [0.3, 0.4) is 0 Å². The van der Waals surface area contributed by atoms with Crippen molar-refractivity contribution in [2.24, 2.45) is 0 Å². The number of hydrogen-bond acceptors (Lipinski definition) is 5. The molecule has 0 aliphatic rings. The maximum Gasteiger partial charge on any atom is 0.313 e. The number of rotatable bonds is 5. The standard InChI is InChI=1S/C18H16FN3O4S/c1-27(25,26)11-16(12-5-3-2-4-6-12)22-18(24)17(23)21-14-7-8-15(19)13(9-14)10-20/h2-9,16H,11H2,1H3,(H,21,23)(H,22,24)/t16-/m1/s1. The molecule has 0 saturated carbocycles. The van der Waals surface area contributed by atoms with Gasteiger partial charge in [0.05, 0.1) is 17.4 Å². The van der Waals surface area contributed by atoms with Gasteiger partial charge in [-0.3, -0.25) is 9.59 Å². The molecule has 27 heavy (non-hydrogen) atoms. The predicted molar refractivity (Wildman–Crippen MR) is 96.8 cm³/mol. The highest BCUT2D eigenvalue weighted by Gasteiger charge is 2.23. The van der Waals surface area contributed by atoms with E-state index in [0.29, 0.717) is 5.56 Å². The summed E-state index contributed by atoms with van der Waals surface area (Å²) in [5.74, 6) is -3.27. The number of nitrogens with one attached hydrogen (secondary N) is 2. The Balaban J connectivity index is 2.14. The number of amides is 2. The van der Waals surface area contributed by atoms with Crippen LogP contribution in [0.5, 0.6) is 0 Å². The predicted octanol–water partition coefficient (Wildman–Crippen LogP) is 1.54. The molecule has 2 aromatic carbocycles. The highest BCUT2D eigenvalue weighted by atomic mass is 32.2. The number of sulfone groups is 1. The lowest BCUT2D eigenvalue weighted by Gasteiger charge is -2.18. The summed E-state index contributed by atoms with van der Waals surface area (Å²) in [6, 6.07) is 12.3. The van der Waals surface area contributed by atoms with E-state index in [1.807, 2.05) is 0 Å². The summed E-state index contributed by atoms with van der Waals surface area (Å²) in [7, 11) is -3.44. The van der Waals surface area contributed by atoms with Crippen LogP contribution in [0.2, 0.25) is 0 Å². The first kappa shape index (κ1) is 20.1. The first-order chi connectivity index (χ1) is 12.7. The van der Waals surface area contributed by atoms with E-state index in [0.717, 1.165) is 18.4 Å². The van der Waals surface area contributed by atoms with Gasteiger partial charge in [0.25, 0.3) is 0 Å². The molecule has 0 aliphatic heterocycles. The maximum atomic E-state index is 13.3. The molecule has 1 atom stereocenters. The Morgan fingerprint density at radius 1 is 1.15 bits per heavy atom. The minimum absolute atomic E-state index is 0.0625. The van der Waals surface area contributed by atoms with Crippen LogP contribution in [0.25, 0.3) is 0 Å². The van der Waals surface area contributed by atoms with Gasteiger partial charge >= 0.3 is 11.8 Å². The van der Waals surface area contributed by atoms with Gasteiger partial charge in [0, 0.05) is 11.9 Å². The fourth-order valence-electron chi connectivity index (χ4n) is 2.31. The molecule has 2 amide bonds. The quantitative estimate of drug-likeness (QED) is 0.753. The molecule has 140 valence electrons. The third kappa shape index (κ3) is 5.90. The smallest absolute Gasteiger partial charge is 0.313 e. The maximum absolute atomic E-state index is 13.3. The third-order valence-corrected chi connectivity index (χ3v) is 4.47. The fourth-order valence-corrected chi connectivity index (χ4v) is 3.19. The Bertz CT molecular complexity index is 1000. The lowest BCUT2D eigenvalue weighted by molar-refractivity contribution is -0.136. The van der Waals surface area contributed by atoms with Crippen LogP contribution in [0.15, 0.2) is 48.5 Å². The molecule has 0 fully saturated rings. The fraction of sp³-hybridized carbons (Fsp3) is 0.167. The number of carbonyl (C=O) groups excluding carboxylic acids is 2. The molecule has 2 aromatic rings. The van der Waals surface area contributed by atoms with Gasteiger partial charge in [0.15, 0.2) is 0 Å². The molecule has 0 saturated heterocycles. The first-order valence-corrected chi connectivity index (χ1v) is 9.80. The summed E-state index contributed by atoms with van der Waals surface area (Å²) in [6.07, 6.45) is 1.02. The number of carbonyl (C=O) groups is 2. The molecule has 0 radical (unpaired) electrons. The molecule has 0 bridgehead atoms. The van der Waals surface area contributed by atoms with E-state index in [1.54, 1.807) is 36.4 Å². The van der Waals surface area contributed by atoms with Crippen molar-refractivity contribution in [2.45, 2.75) is 6.04 Å². The van der Waals surface area contributed by atoms with Gasteiger partial charge < -0.3 is 10.6 Å². The highest BCUT2D eigenvalue weighted by molar-refractivity contribution is 7.90. The lowest BCUT2D eigenvalue weighted by Crippen LogP contribution is -2.40. The second-order valence-corrected chi connectivity index (χ2v) is 7.97. The lowest BCUT2D eigenvalue weighted by atomic mass is 10.1. The SMILES string of the molecule is CS(=O)(=O)C[C@@H](NC(=O)C(=O)Nc1ccc(F)c(C#N)c1)c1ccccc1. The van der Waals surface area contributed by atoms with Crippen LogP contribution in [0.4, 0.5) is 10.1 Å². The van der Waals surface area contributed by atoms with Crippen molar-refractivity contribution < 1.29 is 22.4 Å². The summed E-state index contributed by atoms with van der Waals surface area (Å²) < 4.78 is 36.6. The van der Waals surface area contributed by atoms with E-state index in [4.69, 9.17) is 5.26 Å². The zero-order valence-corrected chi connectivity index (χ0v) is 15.1. The number of halogens is 1. The Hall–Kier alpha value is -3.25. The van der Waals surface area contributed by atoms with Crippen LogP contribution in [-0.4, -0.2) is 32.2 Å². The molecule has 7 nitrogen and oxygen atoms in total. The number of anilines is 1. The van der Waals surface area contributed by atoms with Crippen molar-refractivity contribution >= 4 is 27.3 Å². The van der Waals surface area contributed by atoms with Crippen molar-refractivity contribution in [3.8, 4) is 6.07 Å². The third-order valence-electron chi connectivity index (χ3n) is 3.53. The number of hydrogen-bond donors (Lipinski definition) is 2. The molecule has 0 unspecified atom stereocenters. The molecular weight excluding hydrogens is 373 g/mol. The van der Waals surface area contributed by atoms with Crippen molar-refractivity contribution in [1.82, 2.24) is 5.32 Å². The molecule has 2 N–H and O–H groups in total. The summed E-state index contributed by atoms with van der Waals surface area (Å²) in [5, 5.41) is 13.4. The van der Waals surface area contributed by atoms with E-state index < -0.39 is 33.5 Å². The van der Waals surface area contributed by atoms with Crippen molar-refractivity contribution in [3.63, 3.8) is 0 Å². The molecular formula is C18H16FN3O4S. The van der Waals surface area contributed by atoms with Crippen LogP contribution >= 0.6 is 0 Å². The average molecular weight is 389 g/mol. The zero-order chi connectivity index (χ0) is 20.0. The van der Waals surface area contributed by atoms with Gasteiger partial charge in [-0.2, -0.15) is 5.26 Å². The van der Waals surface area contributed by atoms with Gasteiger partial charge in [0.1, 0.15) is 21.7 Å². The molecule has 9 heteroatoms. The summed E-state index contributed by atoms with van der Waals surface area (Å²) in [6.45, 7) is 0. The van der Waals surface area contributed by atoms with E-state index in [2.05, 4.69) is 10.6 Å². The van der Waals surface area contributed by atoms with E-state index in [-0.39, 0.29) is 17.0 Å². The topological polar surface area (TPSA) is 116 Å². The minimum atomic E-state index is -3.44. The number of nitriles is 1.